The van der Waals surface area contributed by atoms with Crippen LogP contribution in [0.4, 0.5) is 0 Å². The Labute approximate surface area is 129 Å². The quantitative estimate of drug-likeness (QED) is 0.793. The predicted octanol–water partition coefficient (Wildman–Crippen LogP) is 2.99. The van der Waals surface area contributed by atoms with Gasteiger partial charge >= 0.3 is 7.32 Å². The van der Waals surface area contributed by atoms with Gasteiger partial charge in [-0.3, -0.25) is 0 Å². The third-order valence-electron chi connectivity index (χ3n) is 3.99. The van der Waals surface area contributed by atoms with Crippen LogP contribution in [-0.2, 0) is 10.8 Å². The van der Waals surface area contributed by atoms with E-state index in [9.17, 15) is 0 Å². The van der Waals surface area contributed by atoms with Gasteiger partial charge in [-0.15, -0.1) is 0 Å². The van der Waals surface area contributed by atoms with Gasteiger partial charge in [0.25, 0.3) is 0 Å². The largest absolute Gasteiger partial charge is 0.707 e. The smallest absolute Gasteiger partial charge is 0.512 e. The zero-order valence-corrected chi connectivity index (χ0v) is 14.9. The fourth-order valence-corrected chi connectivity index (χ4v) is 3.32. The van der Waals surface area contributed by atoms with E-state index < -0.39 is 15.6 Å². The first-order chi connectivity index (χ1) is 9.51. The molecule has 0 heterocycles. The van der Waals surface area contributed by atoms with Gasteiger partial charge < -0.3 is 19.1 Å². The van der Waals surface area contributed by atoms with Crippen LogP contribution in [0.25, 0.3) is 0 Å². The second-order valence-electron chi connectivity index (χ2n) is 6.98. The maximum absolute atomic E-state index is 8.74. The minimum atomic E-state index is -1.78. The van der Waals surface area contributed by atoms with Gasteiger partial charge in [-0.2, -0.15) is 0 Å². The summed E-state index contributed by atoms with van der Waals surface area (Å²) >= 11 is 0. The molecule has 1 unspecified atom stereocenters. The van der Waals surface area contributed by atoms with Crippen molar-refractivity contribution in [2.24, 2.45) is 0 Å². The Kier molecular flexibility index (Phi) is 6.04. The number of hydrogen-bond acceptors (Lipinski definition) is 4. The highest BCUT2D eigenvalue weighted by molar-refractivity contribution is 6.74. The van der Waals surface area contributed by atoms with E-state index in [4.69, 9.17) is 19.1 Å². The molecule has 1 atom stereocenters. The highest BCUT2D eigenvalue weighted by Crippen LogP contribution is 2.37. The van der Waals surface area contributed by atoms with Crippen molar-refractivity contribution in [2.45, 2.75) is 58.4 Å². The monoisotopic (exact) mass is 310 g/mol. The summed E-state index contributed by atoms with van der Waals surface area (Å²) in [4.78, 5) is 0. The fourth-order valence-electron chi connectivity index (χ4n) is 1.88. The Morgan fingerprint density at radius 2 is 1.67 bits per heavy atom. The number of hydrogen-bond donors (Lipinski definition) is 2. The minimum absolute atomic E-state index is 0.154. The van der Waals surface area contributed by atoms with Crippen molar-refractivity contribution in [3.8, 4) is 5.75 Å². The Hall–Kier alpha value is -0.818. The summed E-state index contributed by atoms with van der Waals surface area (Å²) in [6.07, 6.45) is 0.982. The SMILES string of the molecule is CC(Cc1ccc(OB(O)O)cc1)O[Si](C)(C)C(C)(C)C. The van der Waals surface area contributed by atoms with Crippen LogP contribution < -0.4 is 4.65 Å². The number of benzene rings is 1. The molecule has 0 aliphatic heterocycles. The predicted molar refractivity (Wildman–Crippen MR) is 88.7 cm³/mol. The van der Waals surface area contributed by atoms with Crippen LogP contribution in [0.3, 0.4) is 0 Å². The van der Waals surface area contributed by atoms with Gasteiger partial charge in [-0.25, -0.2) is 0 Å². The van der Waals surface area contributed by atoms with Gasteiger partial charge in [0.2, 0.25) is 0 Å². The minimum Gasteiger partial charge on any atom is -0.512 e. The third kappa shape index (κ3) is 5.82. The lowest BCUT2D eigenvalue weighted by atomic mass is 10.1. The second kappa shape index (κ2) is 6.96. The molecule has 0 amide bonds. The van der Waals surface area contributed by atoms with E-state index in [2.05, 4.69) is 40.8 Å². The molecule has 4 nitrogen and oxygen atoms in total. The molecule has 0 saturated heterocycles. The zero-order valence-electron chi connectivity index (χ0n) is 13.9. The highest BCUT2D eigenvalue weighted by atomic mass is 28.4. The van der Waals surface area contributed by atoms with Crippen molar-refractivity contribution in [1.82, 2.24) is 0 Å². The highest BCUT2D eigenvalue weighted by Gasteiger charge is 2.38. The molecule has 0 bridgehead atoms. The van der Waals surface area contributed by atoms with Crippen molar-refractivity contribution in [2.75, 3.05) is 0 Å². The Morgan fingerprint density at radius 1 is 1.14 bits per heavy atom. The molecule has 0 aliphatic rings. The van der Waals surface area contributed by atoms with E-state index in [0.29, 0.717) is 5.75 Å². The van der Waals surface area contributed by atoms with E-state index in [-0.39, 0.29) is 11.1 Å². The first-order valence-corrected chi connectivity index (χ1v) is 10.2. The third-order valence-corrected chi connectivity index (χ3v) is 8.59. The summed E-state index contributed by atoms with van der Waals surface area (Å²) in [7, 11) is -3.53. The second-order valence-corrected chi connectivity index (χ2v) is 11.7. The van der Waals surface area contributed by atoms with Gasteiger partial charge in [-0.1, -0.05) is 32.9 Å². The average Bonchev–Trinajstić information content (AvgIpc) is 2.28. The maximum Gasteiger partial charge on any atom is 0.707 e. The summed E-state index contributed by atoms with van der Waals surface area (Å²) in [6, 6.07) is 7.30. The summed E-state index contributed by atoms with van der Waals surface area (Å²) in [6.45, 7) is 13.3. The molecule has 21 heavy (non-hydrogen) atoms. The molecule has 0 spiro atoms. The van der Waals surface area contributed by atoms with Crippen LogP contribution in [0.15, 0.2) is 24.3 Å². The lowest BCUT2D eigenvalue weighted by Gasteiger charge is -2.38. The fraction of sp³-hybridized carbons (Fsp3) is 0.600. The Balaban J connectivity index is 2.61. The van der Waals surface area contributed by atoms with Crippen LogP contribution in [0.2, 0.25) is 18.1 Å². The molecule has 1 aromatic rings. The molecule has 0 fully saturated rings. The van der Waals surface area contributed by atoms with Crippen LogP contribution in [0.1, 0.15) is 33.3 Å². The average molecular weight is 310 g/mol. The van der Waals surface area contributed by atoms with Gasteiger partial charge in [0.15, 0.2) is 8.32 Å². The van der Waals surface area contributed by atoms with Gasteiger partial charge in [0.05, 0.1) is 0 Å². The Bertz CT molecular complexity index is 440. The van der Waals surface area contributed by atoms with E-state index in [1.165, 1.54) is 0 Å². The molecule has 0 aromatic heterocycles. The van der Waals surface area contributed by atoms with Crippen LogP contribution >= 0.6 is 0 Å². The molecule has 6 heteroatoms. The summed E-state index contributed by atoms with van der Waals surface area (Å²) < 4.78 is 11.1. The molecule has 1 aromatic carbocycles. The van der Waals surface area contributed by atoms with E-state index in [1.807, 2.05) is 12.1 Å². The Morgan fingerprint density at radius 3 is 2.10 bits per heavy atom. The molecular formula is C15H27BO4Si. The summed E-state index contributed by atoms with van der Waals surface area (Å²) in [5, 5.41) is 17.7. The number of rotatable bonds is 6. The van der Waals surface area contributed by atoms with Gasteiger partial charge in [0, 0.05) is 6.10 Å². The van der Waals surface area contributed by atoms with Crippen LogP contribution in [-0.4, -0.2) is 31.8 Å². The van der Waals surface area contributed by atoms with E-state index in [0.717, 1.165) is 12.0 Å². The lowest BCUT2D eigenvalue weighted by Crippen LogP contribution is -2.43. The summed E-state index contributed by atoms with van der Waals surface area (Å²) in [5.74, 6) is 0.437. The molecular weight excluding hydrogens is 283 g/mol. The van der Waals surface area contributed by atoms with Gasteiger partial charge in [-0.05, 0) is 49.2 Å². The first kappa shape index (κ1) is 18.2. The van der Waals surface area contributed by atoms with Crippen LogP contribution in [0, 0.1) is 0 Å². The van der Waals surface area contributed by atoms with Crippen molar-refractivity contribution >= 4 is 15.6 Å². The van der Waals surface area contributed by atoms with Crippen molar-refractivity contribution in [1.29, 1.82) is 0 Å². The molecule has 1 rings (SSSR count). The standard InChI is InChI=1S/C15H27BO4Si/c1-12(20-21(5,6)15(2,3)4)11-13-7-9-14(10-8-13)19-16(17)18/h7-10,12,17-18H,11H2,1-6H3. The van der Waals surface area contributed by atoms with E-state index in [1.54, 1.807) is 12.1 Å². The topological polar surface area (TPSA) is 58.9 Å². The molecule has 0 saturated carbocycles. The first-order valence-electron chi connectivity index (χ1n) is 7.31. The normalized spacial score (nSPS) is 13.9. The summed E-state index contributed by atoms with van der Waals surface area (Å²) in [5.41, 5.74) is 1.14. The molecule has 2 N–H and O–H groups in total. The van der Waals surface area contributed by atoms with Crippen molar-refractivity contribution in [3.63, 3.8) is 0 Å². The lowest BCUT2D eigenvalue weighted by molar-refractivity contribution is 0.199. The maximum atomic E-state index is 8.74. The van der Waals surface area contributed by atoms with Crippen LogP contribution in [0.5, 0.6) is 5.75 Å². The molecule has 118 valence electrons. The van der Waals surface area contributed by atoms with E-state index >= 15 is 0 Å². The van der Waals surface area contributed by atoms with Crippen molar-refractivity contribution < 1.29 is 19.1 Å². The molecule has 0 aliphatic carbocycles. The van der Waals surface area contributed by atoms with Crippen molar-refractivity contribution in [3.05, 3.63) is 29.8 Å². The molecule has 0 radical (unpaired) electrons. The zero-order chi connectivity index (χ0) is 16.3. The van der Waals surface area contributed by atoms with Gasteiger partial charge in [0.1, 0.15) is 5.75 Å².